The molecule has 0 unspecified atom stereocenters. The highest BCUT2D eigenvalue weighted by molar-refractivity contribution is 9.09. The Morgan fingerprint density at radius 2 is 1.58 bits per heavy atom. The molecule has 0 aromatic carbocycles. The van der Waals surface area contributed by atoms with E-state index >= 15 is 0 Å². The molecule has 0 saturated heterocycles. The smallest absolute Gasteiger partial charge is 0.234 e. The van der Waals surface area contributed by atoms with Gasteiger partial charge in [-0.2, -0.15) is 13.2 Å². The quantitative estimate of drug-likeness (QED) is 0.454. The summed E-state index contributed by atoms with van der Waals surface area (Å²) < 4.78 is 49.3. The summed E-state index contributed by atoms with van der Waals surface area (Å²) in [7, 11) is 0. The Morgan fingerprint density at radius 3 is 1.92 bits per heavy atom. The van der Waals surface area contributed by atoms with Crippen molar-refractivity contribution in [3.63, 3.8) is 0 Å². The first-order valence-electron chi connectivity index (χ1n) is 3.75. The lowest BCUT2D eigenvalue weighted by molar-refractivity contribution is -0.239. The van der Waals surface area contributed by atoms with Gasteiger partial charge in [0.15, 0.2) is 0 Å². The maximum Gasteiger partial charge on any atom is 0.422 e. The van der Waals surface area contributed by atoms with Crippen LogP contribution >= 0.6 is 15.9 Å². The van der Waals surface area contributed by atoms with E-state index in [1.165, 1.54) is 0 Å². The van der Waals surface area contributed by atoms with Crippen molar-refractivity contribution in [1.82, 2.24) is 0 Å². The number of alkyl halides is 5. The highest BCUT2D eigenvalue weighted by Crippen LogP contribution is 2.45. The van der Waals surface area contributed by atoms with Crippen molar-refractivity contribution in [1.29, 1.82) is 0 Å². The van der Waals surface area contributed by atoms with Gasteiger partial charge in [0.05, 0.1) is 0 Å². The van der Waals surface area contributed by atoms with E-state index in [2.05, 4.69) is 15.9 Å². The van der Waals surface area contributed by atoms with E-state index < -0.39 is 24.7 Å². The van der Waals surface area contributed by atoms with Crippen LogP contribution in [0.15, 0.2) is 0 Å². The van der Waals surface area contributed by atoms with Gasteiger partial charge in [0.25, 0.3) is 0 Å². The van der Waals surface area contributed by atoms with Crippen LogP contribution in [0.2, 0.25) is 0 Å². The third-order valence-electron chi connectivity index (χ3n) is 2.22. The van der Waals surface area contributed by atoms with Crippen molar-refractivity contribution in [3.8, 4) is 0 Å². The van der Waals surface area contributed by atoms with E-state index in [-0.39, 0.29) is 17.7 Å². The fraction of sp³-hybridized carbons (Fsp3) is 1.00. The Labute approximate surface area is 76.5 Å². The number of hydrogen-bond acceptors (Lipinski definition) is 0. The molecular formula is C7H9BrF4. The van der Waals surface area contributed by atoms with Crippen LogP contribution in [0.1, 0.15) is 25.7 Å². The third-order valence-corrected chi connectivity index (χ3v) is 3.13. The summed E-state index contributed by atoms with van der Waals surface area (Å²) in [6.45, 7) is 0. The van der Waals surface area contributed by atoms with Gasteiger partial charge in [-0.15, -0.1) is 0 Å². The van der Waals surface area contributed by atoms with Gasteiger partial charge in [-0.05, 0) is 25.7 Å². The lowest BCUT2D eigenvalue weighted by atomic mass is 9.86. The summed E-state index contributed by atoms with van der Waals surface area (Å²) in [5.41, 5.74) is -2.93. The second-order valence-electron chi connectivity index (χ2n) is 3.14. The van der Waals surface area contributed by atoms with Gasteiger partial charge in [-0.1, -0.05) is 15.9 Å². The lowest BCUT2D eigenvalue weighted by Crippen LogP contribution is -2.44. The molecule has 0 atom stereocenters. The highest BCUT2D eigenvalue weighted by Gasteiger charge is 2.56. The molecule has 1 saturated carbocycles. The predicted molar refractivity (Wildman–Crippen MR) is 41.1 cm³/mol. The SMILES string of the molecule is FC(F)(F)C1(F)CCC(Br)CC1. The van der Waals surface area contributed by atoms with E-state index in [0.29, 0.717) is 0 Å². The molecule has 0 aliphatic heterocycles. The molecule has 0 nitrogen and oxygen atoms in total. The molecule has 1 aliphatic rings. The normalized spacial score (nSPS) is 38.2. The molecule has 12 heavy (non-hydrogen) atoms. The molecular weight excluding hydrogens is 240 g/mol. The molecule has 0 aromatic rings. The number of hydrogen-bond donors (Lipinski definition) is 0. The van der Waals surface area contributed by atoms with Crippen molar-refractivity contribution >= 4 is 15.9 Å². The van der Waals surface area contributed by atoms with Crippen LogP contribution in [-0.4, -0.2) is 16.7 Å². The van der Waals surface area contributed by atoms with Gasteiger partial charge >= 0.3 is 6.18 Å². The lowest BCUT2D eigenvalue weighted by Gasteiger charge is -2.33. The van der Waals surface area contributed by atoms with E-state index in [9.17, 15) is 17.6 Å². The Kier molecular flexibility index (Phi) is 2.71. The second kappa shape index (κ2) is 3.16. The zero-order valence-corrected chi connectivity index (χ0v) is 7.88. The zero-order chi connectivity index (χ0) is 9.41. The van der Waals surface area contributed by atoms with Crippen LogP contribution in [0.4, 0.5) is 17.6 Å². The fourth-order valence-corrected chi connectivity index (χ4v) is 1.78. The molecule has 0 heterocycles. The zero-order valence-electron chi connectivity index (χ0n) is 6.30. The van der Waals surface area contributed by atoms with Gasteiger partial charge in [0, 0.05) is 4.83 Å². The van der Waals surface area contributed by atoms with E-state index in [4.69, 9.17) is 0 Å². The topological polar surface area (TPSA) is 0 Å². The van der Waals surface area contributed by atoms with Gasteiger partial charge in [0.2, 0.25) is 5.67 Å². The molecule has 0 radical (unpaired) electrons. The van der Waals surface area contributed by atoms with E-state index in [1.54, 1.807) is 0 Å². The van der Waals surface area contributed by atoms with Crippen LogP contribution in [0.5, 0.6) is 0 Å². The maximum absolute atomic E-state index is 13.1. The standard InChI is InChI=1S/C7H9BrF4/c8-5-1-3-6(9,4-2-5)7(10,11)12/h5H,1-4H2. The highest BCUT2D eigenvalue weighted by atomic mass is 79.9. The summed E-state index contributed by atoms with van der Waals surface area (Å²) in [6, 6.07) is 0. The summed E-state index contributed by atoms with van der Waals surface area (Å²) in [4.78, 5) is 0.0451. The van der Waals surface area contributed by atoms with Gasteiger partial charge in [-0.3, -0.25) is 0 Å². The van der Waals surface area contributed by atoms with Crippen molar-refractivity contribution < 1.29 is 17.6 Å². The molecule has 0 amide bonds. The number of halogens is 5. The predicted octanol–water partition coefficient (Wildman–Crippen LogP) is 3.59. The Balaban J connectivity index is 2.62. The average Bonchev–Trinajstić information content (AvgIpc) is 1.93. The van der Waals surface area contributed by atoms with Crippen LogP contribution in [-0.2, 0) is 0 Å². The summed E-state index contributed by atoms with van der Waals surface area (Å²) in [5.74, 6) is 0. The largest absolute Gasteiger partial charge is 0.422 e. The Bertz CT molecular complexity index is 157. The minimum Gasteiger partial charge on any atom is -0.234 e. The minimum absolute atomic E-state index is 0.0451. The van der Waals surface area contributed by atoms with Crippen LogP contribution in [0.25, 0.3) is 0 Å². The van der Waals surface area contributed by atoms with Crippen LogP contribution < -0.4 is 0 Å². The molecule has 72 valence electrons. The van der Waals surface area contributed by atoms with Gasteiger partial charge < -0.3 is 0 Å². The summed E-state index contributed by atoms with van der Waals surface area (Å²) >= 11 is 3.17. The molecule has 0 bridgehead atoms. The third kappa shape index (κ3) is 1.92. The molecule has 1 aliphatic carbocycles. The molecule has 5 heteroatoms. The van der Waals surface area contributed by atoms with Crippen LogP contribution in [0.3, 0.4) is 0 Å². The van der Waals surface area contributed by atoms with E-state index in [0.717, 1.165) is 0 Å². The summed E-state index contributed by atoms with van der Waals surface area (Å²) in [6.07, 6.45) is -5.00. The molecule has 0 spiro atoms. The first kappa shape index (κ1) is 10.3. The van der Waals surface area contributed by atoms with Crippen LogP contribution in [0, 0.1) is 0 Å². The number of rotatable bonds is 0. The van der Waals surface area contributed by atoms with Gasteiger partial charge in [-0.25, -0.2) is 4.39 Å². The first-order chi connectivity index (χ1) is 5.35. The van der Waals surface area contributed by atoms with Crippen molar-refractivity contribution in [2.24, 2.45) is 0 Å². The molecule has 1 fully saturated rings. The Morgan fingerprint density at radius 1 is 1.17 bits per heavy atom. The summed E-state index contributed by atoms with van der Waals surface area (Å²) in [5, 5.41) is 0. The Hall–Kier alpha value is 0.200. The fourth-order valence-electron chi connectivity index (χ4n) is 1.32. The van der Waals surface area contributed by atoms with Crippen molar-refractivity contribution in [2.45, 2.75) is 42.4 Å². The van der Waals surface area contributed by atoms with Crippen molar-refractivity contribution in [3.05, 3.63) is 0 Å². The van der Waals surface area contributed by atoms with Crippen molar-refractivity contribution in [2.75, 3.05) is 0 Å². The maximum atomic E-state index is 13.1. The molecule has 1 rings (SSSR count). The monoisotopic (exact) mass is 248 g/mol. The van der Waals surface area contributed by atoms with E-state index in [1.807, 2.05) is 0 Å². The second-order valence-corrected chi connectivity index (χ2v) is 4.43. The molecule has 0 aromatic heterocycles. The minimum atomic E-state index is -4.69. The van der Waals surface area contributed by atoms with Gasteiger partial charge in [0.1, 0.15) is 0 Å². The average molecular weight is 249 g/mol. The molecule has 0 N–H and O–H groups in total. The first-order valence-corrected chi connectivity index (χ1v) is 4.66.